The molecule has 9 rings (SSSR count). The Hall–Kier alpha value is 1.47. The molecule has 0 amide bonds. The average molecular weight is 1850 g/mol. The van der Waals surface area contributed by atoms with Crippen molar-refractivity contribution in [3.05, 3.63) is 133 Å². The number of rotatable bonds is 19. The van der Waals surface area contributed by atoms with Crippen molar-refractivity contribution >= 4 is 218 Å². The van der Waals surface area contributed by atoms with Gasteiger partial charge < -0.3 is 43.7 Å². The van der Waals surface area contributed by atoms with Crippen molar-refractivity contribution in [2.45, 2.75) is 185 Å². The normalized spacial score (nSPS) is 30.0. The zero-order valence-corrected chi connectivity index (χ0v) is 79.9. The topological polar surface area (TPSA) is 166 Å². The van der Waals surface area contributed by atoms with Crippen LogP contribution in [-0.4, -0.2) is 79.5 Å². The minimum atomic E-state index is -0.573. The van der Waals surface area contributed by atoms with Gasteiger partial charge in [0.1, 0.15) is 44.7 Å². The van der Waals surface area contributed by atoms with E-state index in [4.69, 9.17) is 55.5 Å². The third kappa shape index (κ3) is 27.6. The number of aliphatic hydroxyl groups is 1. The summed E-state index contributed by atoms with van der Waals surface area (Å²) >= 11 is 9.53. The van der Waals surface area contributed by atoms with Crippen LogP contribution in [0.4, 0.5) is 0 Å². The first-order valence-electron chi connectivity index (χ1n) is 33.2. The van der Waals surface area contributed by atoms with Gasteiger partial charge in [-0.3, -0.25) is 9.59 Å². The van der Waals surface area contributed by atoms with Crippen LogP contribution in [0.1, 0.15) is 158 Å². The molecule has 3 aromatic carbocycles. The van der Waals surface area contributed by atoms with Crippen molar-refractivity contribution < 1.29 is 87.7 Å². The van der Waals surface area contributed by atoms with Crippen LogP contribution in [0.25, 0.3) is 0 Å². The summed E-state index contributed by atoms with van der Waals surface area (Å²) in [7, 11) is 34.5. The fraction of sp³-hybridized carbons (Fsp3) is 0.638. The first-order chi connectivity index (χ1) is 48.7. The third-order valence-corrected chi connectivity index (χ3v) is 64.0. The molecule has 16 atom stereocenters. The number of aliphatic hydroxyl groups excluding tert-OH is 1. The fourth-order valence-electron chi connectivity index (χ4n) is 16.5. The van der Waals surface area contributed by atoms with E-state index in [2.05, 4.69) is 68.5 Å². The number of ketones is 2. The van der Waals surface area contributed by atoms with Gasteiger partial charge in [-0.2, -0.15) is 0 Å². The van der Waals surface area contributed by atoms with Gasteiger partial charge in [-0.05, 0) is 103 Å². The molecule has 0 aliphatic heterocycles. The SMILES string of the molecule is C.C=C[C@]1(C)C[C@@H](O)[C@@]2(C)C3C(=O)CC[C@@]3(CC[C@H]2C)[C@@H](C)[C@@H]1OCOCc1ccccc1.C=C[C@]1(C)C[C@@H](OC(=O)COCOCc2ccccc2)[C@@]2(C)C3C(=O)CC[C@@]3(CC[C@H]2C)[C@@H](C)[C@@H]1OCOCc1ccccc1.CC.S=S=S=S=S=S=S=S=S=S=S=S=S=S=S=S=S=S=S=S=S=S.[Na+].[OH-]. The van der Waals surface area contributed by atoms with Crippen LogP contribution in [0.2, 0.25) is 0 Å². The molecule has 35 heteroatoms. The first-order valence-corrected chi connectivity index (χ1v) is 61.2. The summed E-state index contributed by atoms with van der Waals surface area (Å²) in [6.07, 6.45) is 10.3. The number of Topliss-reactive ketones (excluding diaryl/α,β-unsaturated/α-hetero) is 2. The molecule has 2 N–H and O–H groups in total. The zero-order chi connectivity index (χ0) is 73.4. The quantitative estimate of drug-likeness (QED) is 0.0396. The average Bonchev–Trinajstić information content (AvgIpc) is 1.40. The van der Waals surface area contributed by atoms with E-state index in [-0.39, 0.29) is 128 Å². The molecule has 3 aromatic rings. The van der Waals surface area contributed by atoms with Crippen LogP contribution in [0.15, 0.2) is 116 Å². The Bertz CT molecular complexity index is 4160. The summed E-state index contributed by atoms with van der Waals surface area (Å²) in [4.78, 5) is 40.5. The van der Waals surface area contributed by atoms with E-state index < -0.39 is 39.8 Å². The second-order valence-corrected chi connectivity index (χ2v) is 61.9. The Morgan fingerprint density at radius 2 is 0.837 bits per heavy atom. The first kappa shape index (κ1) is 99.7. The monoisotopic (exact) mass is 1850 g/mol. The number of hydrogen-bond donors (Lipinski definition) is 1. The van der Waals surface area contributed by atoms with E-state index in [1.165, 1.54) is 17.8 Å². The molecule has 104 heavy (non-hydrogen) atoms. The molecule has 0 spiro atoms. The number of benzene rings is 3. The van der Waals surface area contributed by atoms with Crippen LogP contribution in [0, 0.1) is 68.0 Å². The van der Waals surface area contributed by atoms with Crippen LogP contribution in [0.5, 0.6) is 0 Å². The Morgan fingerprint density at radius 1 is 0.510 bits per heavy atom. The van der Waals surface area contributed by atoms with Gasteiger partial charge in [0.15, 0.2) is 0 Å². The Kier molecular flexibility index (Phi) is 50.0. The van der Waals surface area contributed by atoms with E-state index in [9.17, 15) is 19.5 Å². The van der Waals surface area contributed by atoms with E-state index >= 15 is 0 Å². The van der Waals surface area contributed by atoms with Crippen LogP contribution in [0.3, 0.4) is 0 Å². The molecule has 6 aliphatic rings. The molecule has 2 unspecified atom stereocenters. The predicted octanol–water partition coefficient (Wildman–Crippen LogP) is 11.3. The second kappa shape index (κ2) is 52.1. The van der Waals surface area contributed by atoms with Crippen molar-refractivity contribution in [2.75, 3.05) is 27.0 Å². The Balaban J connectivity index is 0.000000419. The fourth-order valence-corrected chi connectivity index (χ4v) is 65.9. The molecule has 6 saturated carbocycles. The smallest absolute Gasteiger partial charge is 0.870 e. The maximum atomic E-state index is 13.9. The van der Waals surface area contributed by atoms with Gasteiger partial charge in [-0.1, -0.05) is 180 Å². The number of esters is 1. The Morgan fingerprint density at radius 3 is 1.19 bits per heavy atom. The van der Waals surface area contributed by atoms with E-state index in [1.807, 2.05) is 117 Å². The van der Waals surface area contributed by atoms with E-state index in [0.29, 0.717) is 57.2 Å². The molecule has 6 aliphatic carbocycles. The summed E-state index contributed by atoms with van der Waals surface area (Å²) in [6.45, 7) is 31.4. The van der Waals surface area contributed by atoms with Gasteiger partial charge in [0.25, 0.3) is 0 Å². The van der Waals surface area contributed by atoms with Crippen molar-refractivity contribution in [1.29, 1.82) is 0 Å². The predicted molar refractivity (Wildman–Crippen MR) is 479 cm³/mol. The summed E-state index contributed by atoms with van der Waals surface area (Å²) in [5, 5.41) is 11.6. The number of hydrogen-bond acceptors (Lipinski definition) is 14. The summed E-state index contributed by atoms with van der Waals surface area (Å²) in [5.41, 5.74) is 0.961. The summed E-state index contributed by atoms with van der Waals surface area (Å²) in [5.74, 6) is 0.588. The standard InChI is InChI=1S/C38H50O7.C28H40O4.C2H6.CH4.Na.H2O.S22/c1-6-36(4)21-32(45-33(40)24-43-25-41-22-29-13-9-7-10-14-29)37(5)27(2)17-19-38(20-18-31(39)34(37)38)28(3)35(36)44-26-42-23-30-15-11-8-12-16-30;1-6-26(4)16-23(30)27(5)19(2)12-14-28(15-13-22(29)24(27)28)20(3)25(26)32-18-31-17-21-10-8-7-9-11-21;1-2;;;;1-3-5-7-9-11-13-15-17-19-21-22-20-18-16-14-12-10-8-6-4-2/h6-16,27-28,32,34-35H,1,17-26H2,2-5H3;6-11,19-20,23-25,30H,1,12-18H2,2-5H3;1-2H3;1H4;;1H2;/q;;;;+1;;/p-1/t27-,28+,32-,34?,35+,36-,37+,38+;19-,20+,23-,24?,25+,26-,27+,28+;;;;;/m11...../s1. The molecule has 6 fully saturated rings. The van der Waals surface area contributed by atoms with Gasteiger partial charge in [-0.25, -0.2) is 4.79 Å². The molecular weight excluding hydrogens is 1750 g/mol. The number of carbonyl (C=O) groups excluding carboxylic acids is 3. The van der Waals surface area contributed by atoms with E-state index in [1.54, 1.807) is 160 Å². The van der Waals surface area contributed by atoms with Crippen molar-refractivity contribution in [2.24, 2.45) is 68.0 Å². The molecule has 12 nitrogen and oxygen atoms in total. The molecule has 0 saturated heterocycles. The number of ether oxygens (including phenoxy) is 7. The van der Waals surface area contributed by atoms with Crippen molar-refractivity contribution in [3.8, 4) is 0 Å². The number of carbonyl (C=O) groups is 3. The molecule has 0 radical (unpaired) electrons. The molecule has 4 bridgehead atoms. The third-order valence-electron chi connectivity index (χ3n) is 21.7. The van der Waals surface area contributed by atoms with Gasteiger partial charge >= 0.3 is 35.5 Å². The maximum Gasteiger partial charge on any atom is 1.00 e. The van der Waals surface area contributed by atoms with Crippen LogP contribution >= 0.6 is 0 Å². The molecule has 0 heterocycles. The van der Waals surface area contributed by atoms with E-state index in [0.717, 1.165) is 55.2 Å². The van der Waals surface area contributed by atoms with Gasteiger partial charge in [0.2, 0.25) is 0 Å². The van der Waals surface area contributed by atoms with Gasteiger partial charge in [-0.15, -0.1) is 13.2 Å². The minimum Gasteiger partial charge on any atom is -0.870 e. The second-order valence-electron chi connectivity index (χ2n) is 26.5. The minimum absolute atomic E-state index is 0. The summed E-state index contributed by atoms with van der Waals surface area (Å²) < 4.78 is 42.6. The van der Waals surface area contributed by atoms with Gasteiger partial charge in [0, 0.05) is 246 Å². The molecule has 582 valence electrons. The molecular formula is C69H101NaO12S22. The summed E-state index contributed by atoms with van der Waals surface area (Å²) in [6, 6.07) is 29.9. The largest absolute Gasteiger partial charge is 1.00 e. The van der Waals surface area contributed by atoms with Crippen LogP contribution < -0.4 is 29.6 Å². The van der Waals surface area contributed by atoms with Crippen molar-refractivity contribution in [1.82, 2.24) is 0 Å². The maximum absolute atomic E-state index is 13.9. The molecule has 0 aromatic heterocycles. The van der Waals surface area contributed by atoms with Gasteiger partial charge in [0.05, 0.1) is 38.1 Å². The Labute approximate surface area is 708 Å². The van der Waals surface area contributed by atoms with Crippen molar-refractivity contribution in [3.63, 3.8) is 0 Å². The van der Waals surface area contributed by atoms with Crippen LogP contribution in [-0.2, 0) is 267 Å². The zero-order valence-electron chi connectivity index (χ0n) is 60.0.